The Bertz CT molecular complexity index is 160. The largest absolute Gasteiger partial charge is 0.394 e. The molecule has 0 aliphatic carbocycles. The minimum absolute atomic E-state index is 0.111. The topological polar surface area (TPSA) is 35.5 Å². The maximum absolute atomic E-state index is 9.37. The number of unbranched alkanes of at least 4 members (excludes halogenated alkanes) is 1. The molecule has 3 heteroatoms. The SMILES string of the molecule is CC(C)NC(C)(CO)CCCCN(C)C. The van der Waals surface area contributed by atoms with Gasteiger partial charge < -0.3 is 15.3 Å². The van der Waals surface area contributed by atoms with Crippen LogP contribution in [-0.4, -0.2) is 48.8 Å². The van der Waals surface area contributed by atoms with Crippen molar-refractivity contribution in [1.29, 1.82) is 0 Å². The first-order valence-electron chi connectivity index (χ1n) is 5.93. The lowest BCUT2D eigenvalue weighted by Gasteiger charge is -2.31. The molecule has 0 saturated carbocycles. The number of nitrogens with zero attached hydrogens (tertiary/aromatic N) is 1. The molecular formula is C12H28N2O. The molecular weight excluding hydrogens is 188 g/mol. The molecule has 3 nitrogen and oxygen atoms in total. The molecule has 0 heterocycles. The van der Waals surface area contributed by atoms with E-state index in [-0.39, 0.29) is 12.1 Å². The van der Waals surface area contributed by atoms with E-state index in [0.29, 0.717) is 6.04 Å². The second-order valence-electron chi connectivity index (χ2n) is 5.28. The third kappa shape index (κ3) is 7.77. The predicted octanol–water partition coefficient (Wildman–Crippen LogP) is 1.47. The van der Waals surface area contributed by atoms with Crippen LogP contribution in [-0.2, 0) is 0 Å². The van der Waals surface area contributed by atoms with Crippen LogP contribution < -0.4 is 5.32 Å². The van der Waals surface area contributed by atoms with Crippen molar-refractivity contribution in [3.8, 4) is 0 Å². The number of aliphatic hydroxyl groups excluding tert-OH is 1. The van der Waals surface area contributed by atoms with E-state index < -0.39 is 0 Å². The number of hydrogen-bond acceptors (Lipinski definition) is 3. The zero-order chi connectivity index (χ0) is 11.9. The van der Waals surface area contributed by atoms with Crippen LogP contribution in [0, 0.1) is 0 Å². The van der Waals surface area contributed by atoms with Gasteiger partial charge in [-0.3, -0.25) is 0 Å². The van der Waals surface area contributed by atoms with Crippen LogP contribution >= 0.6 is 0 Å². The lowest BCUT2D eigenvalue weighted by molar-refractivity contribution is 0.153. The smallest absolute Gasteiger partial charge is 0.0610 e. The first-order chi connectivity index (χ1) is 6.89. The van der Waals surface area contributed by atoms with Gasteiger partial charge in [0.2, 0.25) is 0 Å². The van der Waals surface area contributed by atoms with Crippen LogP contribution in [0.1, 0.15) is 40.0 Å². The Balaban J connectivity index is 3.77. The van der Waals surface area contributed by atoms with Crippen molar-refractivity contribution >= 4 is 0 Å². The minimum atomic E-state index is -0.111. The first kappa shape index (κ1) is 14.9. The number of hydrogen-bond donors (Lipinski definition) is 2. The van der Waals surface area contributed by atoms with E-state index in [1.54, 1.807) is 0 Å². The fourth-order valence-corrected chi connectivity index (χ4v) is 1.84. The monoisotopic (exact) mass is 216 g/mol. The third-order valence-electron chi connectivity index (χ3n) is 2.57. The van der Waals surface area contributed by atoms with Crippen molar-refractivity contribution in [2.24, 2.45) is 0 Å². The van der Waals surface area contributed by atoms with Crippen LogP contribution in [0.2, 0.25) is 0 Å². The first-order valence-corrected chi connectivity index (χ1v) is 5.93. The predicted molar refractivity (Wildman–Crippen MR) is 66.2 cm³/mol. The Hall–Kier alpha value is -0.120. The number of aliphatic hydroxyl groups is 1. The van der Waals surface area contributed by atoms with E-state index in [1.165, 1.54) is 6.42 Å². The van der Waals surface area contributed by atoms with Gasteiger partial charge in [0.1, 0.15) is 0 Å². The quantitative estimate of drug-likeness (QED) is 0.603. The van der Waals surface area contributed by atoms with Crippen LogP contribution in [0.3, 0.4) is 0 Å². The summed E-state index contributed by atoms with van der Waals surface area (Å²) in [5, 5.41) is 12.8. The molecule has 0 amide bonds. The number of nitrogens with one attached hydrogen (secondary N) is 1. The van der Waals surface area contributed by atoms with Crippen molar-refractivity contribution in [2.75, 3.05) is 27.2 Å². The summed E-state index contributed by atoms with van der Waals surface area (Å²) in [6.45, 7) is 7.68. The highest BCUT2D eigenvalue weighted by Gasteiger charge is 2.22. The average Bonchev–Trinajstić information content (AvgIpc) is 2.11. The molecule has 0 aromatic heterocycles. The maximum Gasteiger partial charge on any atom is 0.0610 e. The molecule has 15 heavy (non-hydrogen) atoms. The molecule has 0 bridgehead atoms. The summed E-state index contributed by atoms with van der Waals surface area (Å²) in [5.41, 5.74) is -0.111. The summed E-state index contributed by atoms with van der Waals surface area (Å²) in [4.78, 5) is 2.20. The molecule has 0 aliphatic heterocycles. The van der Waals surface area contributed by atoms with Gasteiger partial charge in [0.05, 0.1) is 6.61 Å². The molecule has 0 spiro atoms. The van der Waals surface area contributed by atoms with Gasteiger partial charge in [-0.05, 0) is 40.4 Å². The Kier molecular flexibility index (Phi) is 7.14. The second kappa shape index (κ2) is 7.20. The fourth-order valence-electron chi connectivity index (χ4n) is 1.84. The average molecular weight is 216 g/mol. The Morgan fingerprint density at radius 3 is 2.27 bits per heavy atom. The van der Waals surface area contributed by atoms with Gasteiger partial charge >= 0.3 is 0 Å². The van der Waals surface area contributed by atoms with Crippen molar-refractivity contribution in [3.05, 3.63) is 0 Å². The molecule has 1 unspecified atom stereocenters. The van der Waals surface area contributed by atoms with Gasteiger partial charge in [-0.15, -0.1) is 0 Å². The molecule has 1 atom stereocenters. The van der Waals surface area contributed by atoms with Crippen LogP contribution in [0.4, 0.5) is 0 Å². The molecule has 0 rings (SSSR count). The lowest BCUT2D eigenvalue weighted by Crippen LogP contribution is -2.49. The van der Waals surface area contributed by atoms with Crippen molar-refractivity contribution < 1.29 is 5.11 Å². The summed E-state index contributed by atoms with van der Waals surface area (Å²) >= 11 is 0. The Labute approximate surface area is 94.9 Å². The van der Waals surface area contributed by atoms with Gasteiger partial charge in [0.15, 0.2) is 0 Å². The van der Waals surface area contributed by atoms with Gasteiger partial charge in [-0.1, -0.05) is 20.3 Å². The maximum atomic E-state index is 9.37. The fraction of sp³-hybridized carbons (Fsp3) is 1.00. The summed E-state index contributed by atoms with van der Waals surface area (Å²) in [5.74, 6) is 0. The highest BCUT2D eigenvalue weighted by atomic mass is 16.3. The molecule has 92 valence electrons. The summed E-state index contributed by atoms with van der Waals surface area (Å²) < 4.78 is 0. The van der Waals surface area contributed by atoms with E-state index in [4.69, 9.17) is 0 Å². The van der Waals surface area contributed by atoms with Crippen molar-refractivity contribution in [2.45, 2.75) is 51.6 Å². The molecule has 0 aromatic carbocycles. The summed E-state index contributed by atoms with van der Waals surface area (Å²) in [7, 11) is 4.19. The van der Waals surface area contributed by atoms with Crippen LogP contribution in [0.15, 0.2) is 0 Å². The van der Waals surface area contributed by atoms with Gasteiger partial charge in [-0.2, -0.15) is 0 Å². The Morgan fingerprint density at radius 1 is 1.27 bits per heavy atom. The molecule has 2 N–H and O–H groups in total. The van der Waals surface area contributed by atoms with Crippen molar-refractivity contribution in [1.82, 2.24) is 10.2 Å². The lowest BCUT2D eigenvalue weighted by atomic mass is 9.95. The second-order valence-corrected chi connectivity index (χ2v) is 5.28. The standard InChI is InChI=1S/C12H28N2O/c1-11(2)13-12(3,10-15)8-6-7-9-14(4)5/h11,13,15H,6-10H2,1-5H3. The molecule has 0 aromatic rings. The van der Waals surface area contributed by atoms with Crippen LogP contribution in [0.5, 0.6) is 0 Å². The summed E-state index contributed by atoms with van der Waals surface area (Å²) in [6, 6.07) is 0.427. The van der Waals surface area contributed by atoms with Crippen LogP contribution in [0.25, 0.3) is 0 Å². The third-order valence-corrected chi connectivity index (χ3v) is 2.57. The van der Waals surface area contributed by atoms with Gasteiger partial charge in [-0.25, -0.2) is 0 Å². The van der Waals surface area contributed by atoms with E-state index >= 15 is 0 Å². The van der Waals surface area contributed by atoms with Gasteiger partial charge in [0, 0.05) is 11.6 Å². The Morgan fingerprint density at radius 2 is 1.87 bits per heavy atom. The van der Waals surface area contributed by atoms with E-state index in [2.05, 4.69) is 45.1 Å². The number of rotatable bonds is 8. The summed E-state index contributed by atoms with van der Waals surface area (Å²) in [6.07, 6.45) is 3.40. The minimum Gasteiger partial charge on any atom is -0.394 e. The van der Waals surface area contributed by atoms with Gasteiger partial charge in [0.25, 0.3) is 0 Å². The van der Waals surface area contributed by atoms with E-state index in [0.717, 1.165) is 19.4 Å². The molecule has 0 aliphatic rings. The highest BCUT2D eigenvalue weighted by molar-refractivity contribution is 4.83. The zero-order valence-corrected chi connectivity index (χ0v) is 11.0. The highest BCUT2D eigenvalue weighted by Crippen LogP contribution is 2.14. The molecule has 0 radical (unpaired) electrons. The van der Waals surface area contributed by atoms with E-state index in [9.17, 15) is 5.11 Å². The van der Waals surface area contributed by atoms with Crippen molar-refractivity contribution in [3.63, 3.8) is 0 Å². The molecule has 0 fully saturated rings. The van der Waals surface area contributed by atoms with E-state index in [1.807, 2.05) is 0 Å². The zero-order valence-electron chi connectivity index (χ0n) is 11.0. The molecule has 0 saturated heterocycles. The normalized spacial score (nSPS) is 16.0.